The molecule has 3 N–H and O–H groups in total. The van der Waals surface area contributed by atoms with Crippen molar-refractivity contribution in [3.05, 3.63) is 91.7 Å². The second kappa shape index (κ2) is 10.3. The molecule has 1 aromatic heterocycles. The van der Waals surface area contributed by atoms with Gasteiger partial charge in [0.2, 0.25) is 0 Å². The molecule has 0 unspecified atom stereocenters. The first-order valence-electron chi connectivity index (χ1n) is 9.61. The highest BCUT2D eigenvalue weighted by molar-refractivity contribution is 7.12. The summed E-state index contributed by atoms with van der Waals surface area (Å²) in [5, 5.41) is 20.9. The van der Waals surface area contributed by atoms with Crippen LogP contribution in [-0.2, 0) is 0 Å². The van der Waals surface area contributed by atoms with Crippen molar-refractivity contribution in [3.63, 3.8) is 0 Å². The molecule has 0 fully saturated rings. The summed E-state index contributed by atoms with van der Waals surface area (Å²) in [4.78, 5) is 47.6. The summed E-state index contributed by atoms with van der Waals surface area (Å²) in [6, 6.07) is 14.0. The van der Waals surface area contributed by atoms with E-state index in [4.69, 9.17) is 0 Å². The molecule has 0 saturated heterocycles. The van der Waals surface area contributed by atoms with Gasteiger partial charge in [0.1, 0.15) is 0 Å². The number of hydrogen-bond acceptors (Lipinski definition) is 6. The van der Waals surface area contributed by atoms with E-state index in [0.717, 1.165) is 0 Å². The number of nitro groups is 1. The number of amides is 3. The van der Waals surface area contributed by atoms with Crippen molar-refractivity contribution in [3.8, 4) is 0 Å². The van der Waals surface area contributed by atoms with Gasteiger partial charge in [0, 0.05) is 41.5 Å². The number of nitrogens with zero attached hydrogens (tertiary/aromatic N) is 1. The van der Waals surface area contributed by atoms with Gasteiger partial charge in [-0.15, -0.1) is 11.3 Å². The van der Waals surface area contributed by atoms with Gasteiger partial charge in [0.15, 0.2) is 0 Å². The van der Waals surface area contributed by atoms with Crippen LogP contribution in [0.5, 0.6) is 0 Å². The molecule has 0 spiro atoms. The number of nitrogens with one attached hydrogen (secondary N) is 3. The van der Waals surface area contributed by atoms with Crippen LogP contribution in [0, 0.1) is 17.0 Å². The lowest BCUT2D eigenvalue weighted by molar-refractivity contribution is -0.385. The van der Waals surface area contributed by atoms with Crippen LogP contribution in [-0.4, -0.2) is 35.7 Å². The van der Waals surface area contributed by atoms with Crippen LogP contribution in [0.3, 0.4) is 0 Å². The van der Waals surface area contributed by atoms with Gasteiger partial charge < -0.3 is 16.0 Å². The van der Waals surface area contributed by atoms with E-state index < -0.39 is 10.8 Å². The summed E-state index contributed by atoms with van der Waals surface area (Å²) in [5.41, 5.74) is 1.33. The number of rotatable bonds is 8. The molecular formula is C22H20N4O5S. The molecule has 0 aliphatic rings. The van der Waals surface area contributed by atoms with E-state index in [2.05, 4.69) is 16.0 Å². The van der Waals surface area contributed by atoms with E-state index in [9.17, 15) is 24.5 Å². The predicted octanol–water partition coefficient (Wildman–Crippen LogP) is 3.38. The van der Waals surface area contributed by atoms with Crippen LogP contribution in [0.15, 0.2) is 60.0 Å². The normalized spacial score (nSPS) is 10.3. The fourth-order valence-corrected chi connectivity index (χ4v) is 3.44. The first kappa shape index (κ1) is 22.6. The Morgan fingerprint density at radius 2 is 1.56 bits per heavy atom. The fourth-order valence-electron chi connectivity index (χ4n) is 2.80. The van der Waals surface area contributed by atoms with Gasteiger partial charge in [0.05, 0.1) is 9.80 Å². The molecule has 2 aromatic carbocycles. The highest BCUT2D eigenvalue weighted by Crippen LogP contribution is 2.20. The molecule has 0 aliphatic heterocycles. The Balaban J connectivity index is 1.50. The van der Waals surface area contributed by atoms with Gasteiger partial charge in [-0.2, -0.15) is 0 Å². The zero-order valence-electron chi connectivity index (χ0n) is 17.1. The Morgan fingerprint density at radius 1 is 0.906 bits per heavy atom. The number of carbonyl (C=O) groups is 3. The van der Waals surface area contributed by atoms with Crippen LogP contribution < -0.4 is 16.0 Å². The molecule has 1 heterocycles. The second-order valence-electron chi connectivity index (χ2n) is 6.78. The average molecular weight is 452 g/mol. The highest BCUT2D eigenvalue weighted by Gasteiger charge is 2.15. The van der Waals surface area contributed by atoms with E-state index >= 15 is 0 Å². The first-order chi connectivity index (χ1) is 15.3. The Kier molecular flexibility index (Phi) is 7.29. The van der Waals surface area contributed by atoms with Crippen LogP contribution >= 0.6 is 11.3 Å². The van der Waals surface area contributed by atoms with Crippen molar-refractivity contribution in [2.75, 3.05) is 18.4 Å². The summed E-state index contributed by atoms with van der Waals surface area (Å²) in [5.74, 6) is -0.998. The maximum absolute atomic E-state index is 12.4. The third-order valence-corrected chi connectivity index (χ3v) is 5.38. The lowest BCUT2D eigenvalue weighted by Gasteiger charge is -2.09. The number of thiophene rings is 1. The summed E-state index contributed by atoms with van der Waals surface area (Å²) in [6.07, 6.45) is 0. The van der Waals surface area contributed by atoms with E-state index in [0.29, 0.717) is 28.2 Å². The van der Waals surface area contributed by atoms with Gasteiger partial charge in [-0.1, -0.05) is 12.1 Å². The Bertz CT molecular complexity index is 1140. The highest BCUT2D eigenvalue weighted by atomic mass is 32.1. The van der Waals surface area contributed by atoms with Crippen molar-refractivity contribution in [2.24, 2.45) is 0 Å². The number of carbonyl (C=O) groups excluding carboxylic acids is 3. The molecule has 0 aliphatic carbocycles. The number of nitro benzene ring substituents is 1. The minimum Gasteiger partial charge on any atom is -0.350 e. The van der Waals surface area contributed by atoms with Crippen molar-refractivity contribution in [2.45, 2.75) is 6.92 Å². The van der Waals surface area contributed by atoms with Crippen molar-refractivity contribution in [1.82, 2.24) is 10.6 Å². The number of benzene rings is 2. The maximum Gasteiger partial charge on any atom is 0.273 e. The molecule has 0 radical (unpaired) electrons. The Hall–Kier alpha value is -4.05. The van der Waals surface area contributed by atoms with Crippen LogP contribution in [0.25, 0.3) is 0 Å². The van der Waals surface area contributed by atoms with Gasteiger partial charge in [-0.25, -0.2) is 0 Å². The Morgan fingerprint density at radius 3 is 2.19 bits per heavy atom. The third kappa shape index (κ3) is 5.76. The number of aryl methyl sites for hydroxylation is 1. The van der Waals surface area contributed by atoms with E-state index in [1.54, 1.807) is 43.3 Å². The van der Waals surface area contributed by atoms with Crippen molar-refractivity contribution < 1.29 is 19.3 Å². The molecule has 3 aromatic rings. The molecule has 9 nitrogen and oxygen atoms in total. The zero-order valence-corrected chi connectivity index (χ0v) is 17.9. The summed E-state index contributed by atoms with van der Waals surface area (Å²) in [6.45, 7) is 2.15. The van der Waals surface area contributed by atoms with E-state index in [-0.39, 0.29) is 29.6 Å². The summed E-state index contributed by atoms with van der Waals surface area (Å²) >= 11 is 1.34. The van der Waals surface area contributed by atoms with Crippen LogP contribution in [0.4, 0.5) is 11.4 Å². The molecule has 32 heavy (non-hydrogen) atoms. The first-order valence-corrected chi connectivity index (χ1v) is 10.5. The fraction of sp³-hybridized carbons (Fsp3) is 0.136. The molecule has 3 rings (SSSR count). The minimum atomic E-state index is -0.535. The lowest BCUT2D eigenvalue weighted by atomic mass is 10.1. The third-order valence-electron chi connectivity index (χ3n) is 4.51. The van der Waals surface area contributed by atoms with Crippen LogP contribution in [0.1, 0.15) is 36.0 Å². The van der Waals surface area contributed by atoms with E-state index in [1.807, 2.05) is 5.38 Å². The predicted molar refractivity (Wildman–Crippen MR) is 121 cm³/mol. The van der Waals surface area contributed by atoms with E-state index in [1.165, 1.54) is 29.5 Å². The van der Waals surface area contributed by atoms with Gasteiger partial charge in [-0.05, 0) is 48.7 Å². The SMILES string of the molecule is Cc1ccc(C(=O)Nc2ccc(C(=O)NCCNC(=O)c3cccs3)cc2)cc1[N+](=O)[O-]. The minimum absolute atomic E-state index is 0.128. The number of anilines is 1. The lowest BCUT2D eigenvalue weighted by Crippen LogP contribution is -2.34. The molecule has 0 saturated carbocycles. The summed E-state index contributed by atoms with van der Waals surface area (Å²) < 4.78 is 0. The van der Waals surface area contributed by atoms with Gasteiger partial charge in [0.25, 0.3) is 23.4 Å². The second-order valence-corrected chi connectivity index (χ2v) is 7.73. The smallest absolute Gasteiger partial charge is 0.273 e. The van der Waals surface area contributed by atoms with Gasteiger partial charge >= 0.3 is 0 Å². The molecule has 164 valence electrons. The molecule has 10 heteroatoms. The molecule has 0 bridgehead atoms. The number of hydrogen-bond donors (Lipinski definition) is 3. The van der Waals surface area contributed by atoms with Crippen LogP contribution in [0.2, 0.25) is 0 Å². The van der Waals surface area contributed by atoms with Crippen molar-refractivity contribution >= 4 is 40.4 Å². The van der Waals surface area contributed by atoms with Gasteiger partial charge in [-0.3, -0.25) is 24.5 Å². The largest absolute Gasteiger partial charge is 0.350 e. The molecular weight excluding hydrogens is 432 g/mol. The quantitative estimate of drug-likeness (QED) is 0.274. The average Bonchev–Trinajstić information content (AvgIpc) is 3.32. The molecule has 0 atom stereocenters. The van der Waals surface area contributed by atoms with Crippen molar-refractivity contribution in [1.29, 1.82) is 0 Å². The molecule has 3 amide bonds. The standard InChI is InChI=1S/C22H20N4O5S/c1-14-4-5-16(13-18(14)26(30)31)21(28)25-17-8-6-15(7-9-17)20(27)23-10-11-24-22(29)19-3-2-12-32-19/h2-9,12-13H,10-11H2,1H3,(H,23,27)(H,24,29)(H,25,28). The Labute approximate surface area is 187 Å². The maximum atomic E-state index is 12.4. The topological polar surface area (TPSA) is 130 Å². The monoisotopic (exact) mass is 452 g/mol. The summed E-state index contributed by atoms with van der Waals surface area (Å²) in [7, 11) is 0. The zero-order chi connectivity index (χ0) is 23.1.